The largest absolute Gasteiger partial charge is 0.490 e. The maximum atomic E-state index is 13.7. The van der Waals surface area contributed by atoms with E-state index in [1.165, 1.54) is 23.9 Å². The number of nitrogens with zero attached hydrogens (tertiary/aromatic N) is 2. The summed E-state index contributed by atoms with van der Waals surface area (Å²) < 4.78 is 39.2. The fourth-order valence-corrected chi connectivity index (χ4v) is 6.25. The molecule has 0 unspecified atom stereocenters. The maximum Gasteiger partial charge on any atom is 0.258 e. The number of hydrogen-bond donors (Lipinski definition) is 3. The number of benzene rings is 3. The molecule has 3 aromatic carbocycles. The highest BCUT2D eigenvalue weighted by Crippen LogP contribution is 2.33. The zero-order valence-electron chi connectivity index (χ0n) is 23.3. The first kappa shape index (κ1) is 28.4. The Hall–Kier alpha value is -3.67. The number of likely N-dealkylation sites (tertiary alicyclic amines) is 1. The van der Waals surface area contributed by atoms with Gasteiger partial charge in [-0.1, -0.05) is 11.8 Å². The summed E-state index contributed by atoms with van der Waals surface area (Å²) in [5.74, 6) is -0.484. The van der Waals surface area contributed by atoms with Gasteiger partial charge in [-0.05, 0) is 75.2 Å². The smallest absolute Gasteiger partial charge is 0.258 e. The Morgan fingerprint density at radius 3 is 2.52 bits per heavy atom. The van der Waals surface area contributed by atoms with Gasteiger partial charge in [0.15, 0.2) is 5.82 Å². The number of nitrogens with one attached hydrogen (secondary N) is 3. The molecule has 2 aliphatic rings. The summed E-state index contributed by atoms with van der Waals surface area (Å²) in [6.07, 6.45) is 3.76. The molecule has 2 aliphatic heterocycles. The lowest BCUT2D eigenvalue weighted by molar-refractivity contribution is 0.0904. The Morgan fingerprint density at radius 2 is 1.76 bits per heavy atom. The van der Waals surface area contributed by atoms with Crippen molar-refractivity contribution in [3.05, 3.63) is 71.8 Å². The molecule has 2 saturated heterocycles. The monoisotopic (exact) mass is 593 g/mol. The second-order valence-electron chi connectivity index (χ2n) is 10.8. The van der Waals surface area contributed by atoms with Gasteiger partial charge in [0.2, 0.25) is 0 Å². The van der Waals surface area contributed by atoms with Crippen molar-refractivity contribution in [2.45, 2.75) is 47.6 Å². The summed E-state index contributed by atoms with van der Waals surface area (Å²) >= 11 is 1.22. The van der Waals surface area contributed by atoms with Crippen LogP contribution < -0.4 is 15.4 Å². The van der Waals surface area contributed by atoms with Gasteiger partial charge in [-0.25, -0.2) is 8.78 Å². The van der Waals surface area contributed by atoms with E-state index in [1.54, 1.807) is 6.07 Å². The van der Waals surface area contributed by atoms with Gasteiger partial charge < -0.3 is 25.0 Å². The molecule has 0 radical (unpaired) electrons. The summed E-state index contributed by atoms with van der Waals surface area (Å²) in [4.78, 5) is 17.1. The Labute approximate surface area is 247 Å². The lowest BCUT2D eigenvalue weighted by atomic mass is 10.1. The molecule has 42 heavy (non-hydrogen) atoms. The Morgan fingerprint density at radius 1 is 1.00 bits per heavy atom. The van der Waals surface area contributed by atoms with E-state index in [1.807, 2.05) is 30.3 Å². The topological polar surface area (TPSA) is 91.5 Å². The van der Waals surface area contributed by atoms with Crippen molar-refractivity contribution < 1.29 is 23.0 Å². The summed E-state index contributed by atoms with van der Waals surface area (Å²) in [7, 11) is 2.12. The first-order valence-electron chi connectivity index (χ1n) is 14.2. The molecular weight excluding hydrogens is 560 g/mol. The molecule has 0 atom stereocenters. The van der Waals surface area contributed by atoms with Gasteiger partial charge in [0.25, 0.3) is 5.91 Å². The van der Waals surface area contributed by atoms with Gasteiger partial charge >= 0.3 is 0 Å². The number of piperidine rings is 1. The van der Waals surface area contributed by atoms with E-state index in [-0.39, 0.29) is 18.1 Å². The number of anilines is 2. The predicted molar refractivity (Wildman–Crippen MR) is 160 cm³/mol. The standard InChI is InChI=1S/C31H33F2N5O3S/c1-38-10-6-22(7-11-38)41-23-2-4-26(29(17-23)34-21-8-12-40-13-9-21)31(39)35-30-27-18-24(3-5-28(27)36-37-30)42-25-15-19(32)14-20(33)16-25/h2-5,14-18,21-22,34H,6-13H2,1H3,(H2,35,36,37,39). The SMILES string of the molecule is CN1CCC(Oc2ccc(C(=O)Nc3n[nH]c4ccc(Sc5cc(F)cc(F)c5)cc34)c(NC3CCOCC3)c2)CC1. The van der Waals surface area contributed by atoms with Crippen LogP contribution in [0.5, 0.6) is 5.75 Å². The second-order valence-corrected chi connectivity index (χ2v) is 11.9. The second kappa shape index (κ2) is 12.7. The third kappa shape index (κ3) is 6.86. The number of aromatic nitrogens is 2. The van der Waals surface area contributed by atoms with Crippen molar-refractivity contribution in [2.24, 2.45) is 0 Å². The number of aromatic amines is 1. The minimum absolute atomic E-state index is 0.142. The van der Waals surface area contributed by atoms with Crippen LogP contribution in [0.4, 0.5) is 20.3 Å². The normalized spacial score (nSPS) is 16.9. The number of carbonyl (C=O) groups excluding carboxylic acids is 1. The maximum absolute atomic E-state index is 13.7. The lowest BCUT2D eigenvalue weighted by Gasteiger charge is -2.30. The Kier molecular flexibility index (Phi) is 8.59. The van der Waals surface area contributed by atoms with Crippen LogP contribution in [0.25, 0.3) is 10.9 Å². The third-order valence-corrected chi connectivity index (χ3v) is 8.58. The van der Waals surface area contributed by atoms with Crippen LogP contribution in [0.1, 0.15) is 36.0 Å². The molecule has 3 N–H and O–H groups in total. The minimum atomic E-state index is -0.636. The van der Waals surface area contributed by atoms with Crippen molar-refractivity contribution in [2.75, 3.05) is 44.0 Å². The van der Waals surface area contributed by atoms with Crippen molar-refractivity contribution in [1.29, 1.82) is 0 Å². The molecule has 2 fully saturated rings. The Bertz CT molecular complexity index is 1550. The molecule has 4 aromatic rings. The number of hydrogen-bond acceptors (Lipinski definition) is 7. The predicted octanol–water partition coefficient (Wildman–Crippen LogP) is 6.31. The first-order chi connectivity index (χ1) is 20.4. The van der Waals surface area contributed by atoms with Crippen LogP contribution >= 0.6 is 11.8 Å². The average Bonchev–Trinajstić information content (AvgIpc) is 3.36. The number of H-pyrrole nitrogens is 1. The Balaban J connectivity index is 1.23. The van der Waals surface area contributed by atoms with Gasteiger partial charge in [-0.2, -0.15) is 5.10 Å². The van der Waals surface area contributed by atoms with Gasteiger partial charge in [-0.3, -0.25) is 9.89 Å². The number of halogens is 2. The zero-order chi connectivity index (χ0) is 29.1. The molecule has 1 aromatic heterocycles. The van der Waals surface area contributed by atoms with Crippen LogP contribution in [0.3, 0.4) is 0 Å². The number of ether oxygens (including phenoxy) is 2. The van der Waals surface area contributed by atoms with E-state index in [0.29, 0.717) is 40.6 Å². The zero-order valence-corrected chi connectivity index (χ0v) is 24.1. The van der Waals surface area contributed by atoms with Gasteiger partial charge in [0.1, 0.15) is 23.5 Å². The third-order valence-electron chi connectivity index (χ3n) is 7.62. The van der Waals surface area contributed by atoms with Crippen LogP contribution in [0.15, 0.2) is 64.4 Å². The molecule has 8 nitrogen and oxygen atoms in total. The number of fused-ring (bicyclic) bond motifs is 1. The molecule has 220 valence electrons. The van der Waals surface area contributed by atoms with Crippen molar-refractivity contribution >= 4 is 40.1 Å². The molecule has 3 heterocycles. The fourth-order valence-electron chi connectivity index (χ4n) is 5.32. The highest BCUT2D eigenvalue weighted by atomic mass is 32.2. The van der Waals surface area contributed by atoms with Crippen LogP contribution in [0, 0.1) is 11.6 Å². The van der Waals surface area contributed by atoms with Gasteiger partial charge in [-0.15, -0.1) is 0 Å². The van der Waals surface area contributed by atoms with Crippen molar-refractivity contribution in [3.8, 4) is 5.75 Å². The highest BCUT2D eigenvalue weighted by molar-refractivity contribution is 7.99. The minimum Gasteiger partial charge on any atom is -0.490 e. The van der Waals surface area contributed by atoms with Crippen LogP contribution in [0.2, 0.25) is 0 Å². The van der Waals surface area contributed by atoms with Crippen molar-refractivity contribution in [1.82, 2.24) is 15.1 Å². The van der Waals surface area contributed by atoms with E-state index in [0.717, 1.165) is 61.0 Å². The van der Waals surface area contributed by atoms with Crippen molar-refractivity contribution in [3.63, 3.8) is 0 Å². The quantitative estimate of drug-likeness (QED) is 0.221. The molecule has 0 saturated carbocycles. The van der Waals surface area contributed by atoms with E-state index < -0.39 is 11.6 Å². The van der Waals surface area contributed by atoms with Gasteiger partial charge in [0, 0.05) is 59.7 Å². The average molecular weight is 594 g/mol. The molecular formula is C31H33F2N5O3S. The van der Waals surface area contributed by atoms with E-state index in [9.17, 15) is 13.6 Å². The summed E-state index contributed by atoms with van der Waals surface area (Å²) in [5, 5.41) is 14.5. The van der Waals surface area contributed by atoms with Crippen LogP contribution in [-0.4, -0.2) is 66.5 Å². The first-order valence-corrected chi connectivity index (χ1v) is 15.0. The molecule has 11 heteroatoms. The summed E-state index contributed by atoms with van der Waals surface area (Å²) in [6, 6.07) is 14.6. The van der Waals surface area contributed by atoms with Crippen LogP contribution in [-0.2, 0) is 4.74 Å². The number of carbonyl (C=O) groups is 1. The summed E-state index contributed by atoms with van der Waals surface area (Å²) in [5.41, 5.74) is 1.91. The molecule has 0 bridgehead atoms. The number of rotatable bonds is 8. The molecule has 1 amide bonds. The van der Waals surface area contributed by atoms with E-state index in [2.05, 4.69) is 32.8 Å². The molecule has 0 aliphatic carbocycles. The lowest BCUT2D eigenvalue weighted by Crippen LogP contribution is -2.35. The van der Waals surface area contributed by atoms with E-state index in [4.69, 9.17) is 9.47 Å². The highest BCUT2D eigenvalue weighted by Gasteiger charge is 2.22. The summed E-state index contributed by atoms with van der Waals surface area (Å²) in [6.45, 7) is 3.34. The molecule has 0 spiro atoms. The number of amides is 1. The van der Waals surface area contributed by atoms with Gasteiger partial charge in [0.05, 0.1) is 16.8 Å². The molecule has 6 rings (SSSR count). The van der Waals surface area contributed by atoms with E-state index >= 15 is 0 Å². The fraction of sp³-hybridized carbons (Fsp3) is 0.355.